The minimum Gasteiger partial charge on any atom is -0.388 e. The van der Waals surface area contributed by atoms with E-state index in [2.05, 4.69) is 52.1 Å². The number of halogens is 1. The highest BCUT2D eigenvalue weighted by Crippen LogP contribution is 2.30. The summed E-state index contributed by atoms with van der Waals surface area (Å²) in [5, 5.41) is 10.4. The maximum absolute atomic E-state index is 10.4. The van der Waals surface area contributed by atoms with Gasteiger partial charge in [0.25, 0.3) is 0 Å². The molecule has 104 valence electrons. The van der Waals surface area contributed by atoms with E-state index in [9.17, 15) is 5.11 Å². The molecule has 1 atom stereocenters. The van der Waals surface area contributed by atoms with Crippen LogP contribution in [0.3, 0.4) is 0 Å². The molecule has 1 aliphatic rings. The lowest BCUT2D eigenvalue weighted by molar-refractivity contribution is 0.178. The number of hydrogen-bond donors (Lipinski definition) is 1. The second-order valence-electron chi connectivity index (χ2n) is 5.41. The minimum atomic E-state index is -0.444. The van der Waals surface area contributed by atoms with E-state index in [0.29, 0.717) is 6.42 Å². The molecule has 1 unspecified atom stereocenters. The van der Waals surface area contributed by atoms with Crippen molar-refractivity contribution in [1.82, 2.24) is 0 Å². The van der Waals surface area contributed by atoms with E-state index in [-0.39, 0.29) is 0 Å². The van der Waals surface area contributed by atoms with Crippen LogP contribution in [0.1, 0.15) is 22.8 Å². The monoisotopic (exact) mass is 331 g/mol. The van der Waals surface area contributed by atoms with Crippen LogP contribution in [0.15, 0.2) is 46.9 Å². The number of aliphatic hydroxyl groups is 1. The fourth-order valence-electron chi connectivity index (χ4n) is 2.80. The smallest absolute Gasteiger partial charge is 0.0830 e. The van der Waals surface area contributed by atoms with E-state index in [1.807, 2.05) is 18.2 Å². The number of aliphatic hydroxyl groups excluding tert-OH is 1. The van der Waals surface area contributed by atoms with Crippen molar-refractivity contribution in [3.8, 4) is 0 Å². The van der Waals surface area contributed by atoms with Crippen molar-refractivity contribution < 1.29 is 5.11 Å². The van der Waals surface area contributed by atoms with Crippen molar-refractivity contribution in [3.63, 3.8) is 0 Å². The average Bonchev–Trinajstić information content (AvgIpc) is 2.80. The summed E-state index contributed by atoms with van der Waals surface area (Å²) in [4.78, 5) is 2.26. The molecule has 2 nitrogen and oxygen atoms in total. The Labute approximate surface area is 128 Å². The Kier molecular flexibility index (Phi) is 3.81. The summed E-state index contributed by atoms with van der Waals surface area (Å²) in [5.74, 6) is 0. The highest BCUT2D eigenvalue weighted by atomic mass is 79.9. The third-order valence-electron chi connectivity index (χ3n) is 3.93. The number of anilines is 1. The first-order valence-electron chi connectivity index (χ1n) is 6.90. The number of hydrogen-bond acceptors (Lipinski definition) is 2. The van der Waals surface area contributed by atoms with Gasteiger partial charge >= 0.3 is 0 Å². The second-order valence-corrected chi connectivity index (χ2v) is 6.33. The van der Waals surface area contributed by atoms with Crippen molar-refractivity contribution in [3.05, 3.63) is 63.6 Å². The third kappa shape index (κ3) is 2.74. The molecule has 2 aromatic carbocycles. The molecule has 20 heavy (non-hydrogen) atoms. The lowest BCUT2D eigenvalue weighted by atomic mass is 9.99. The molecule has 0 saturated heterocycles. The molecule has 0 aromatic heterocycles. The predicted molar refractivity (Wildman–Crippen MR) is 86.2 cm³/mol. The Morgan fingerprint density at radius 1 is 1.25 bits per heavy atom. The van der Waals surface area contributed by atoms with Gasteiger partial charge in [0, 0.05) is 30.2 Å². The van der Waals surface area contributed by atoms with Crippen molar-refractivity contribution >= 4 is 21.6 Å². The van der Waals surface area contributed by atoms with E-state index >= 15 is 0 Å². The Hall–Kier alpha value is -1.32. The van der Waals surface area contributed by atoms with Crippen LogP contribution in [0.2, 0.25) is 0 Å². The topological polar surface area (TPSA) is 23.5 Å². The van der Waals surface area contributed by atoms with E-state index in [1.54, 1.807) is 0 Å². The Morgan fingerprint density at radius 2 is 2.10 bits per heavy atom. The zero-order valence-corrected chi connectivity index (χ0v) is 13.1. The van der Waals surface area contributed by atoms with Crippen molar-refractivity contribution in [2.45, 2.75) is 18.9 Å². The molecule has 0 spiro atoms. The van der Waals surface area contributed by atoms with E-state index in [1.165, 1.54) is 11.3 Å². The number of rotatable bonds is 3. The number of likely N-dealkylation sites (N-methyl/N-ethyl adjacent to an activating group) is 1. The Morgan fingerprint density at radius 3 is 2.90 bits per heavy atom. The molecule has 0 saturated carbocycles. The third-order valence-corrected chi connectivity index (χ3v) is 4.43. The van der Waals surface area contributed by atoms with Crippen LogP contribution in [-0.4, -0.2) is 18.7 Å². The molecule has 0 fully saturated rings. The number of nitrogens with zero attached hydrogens (tertiary/aromatic N) is 1. The van der Waals surface area contributed by atoms with Crippen LogP contribution >= 0.6 is 15.9 Å². The second kappa shape index (κ2) is 5.58. The zero-order chi connectivity index (χ0) is 14.1. The molecule has 0 aliphatic carbocycles. The molecule has 0 bridgehead atoms. The first-order valence-corrected chi connectivity index (χ1v) is 7.69. The first kappa shape index (κ1) is 13.7. The van der Waals surface area contributed by atoms with Gasteiger partial charge in [0.2, 0.25) is 0 Å². The fraction of sp³-hybridized carbons (Fsp3) is 0.294. The molecule has 1 heterocycles. The maximum Gasteiger partial charge on any atom is 0.0830 e. The highest BCUT2D eigenvalue weighted by Gasteiger charge is 2.18. The van der Waals surface area contributed by atoms with Crippen LogP contribution in [0.4, 0.5) is 5.69 Å². The van der Waals surface area contributed by atoms with Gasteiger partial charge in [0.1, 0.15) is 0 Å². The SMILES string of the molecule is CN1CCc2cc(C(O)Cc3cccc(Br)c3)ccc21. The molecule has 0 radical (unpaired) electrons. The molecule has 3 heteroatoms. The van der Waals surface area contributed by atoms with Gasteiger partial charge in [-0.2, -0.15) is 0 Å². The lowest BCUT2D eigenvalue weighted by Crippen LogP contribution is -2.12. The molecule has 1 N–H and O–H groups in total. The van der Waals surface area contributed by atoms with Crippen LogP contribution in [-0.2, 0) is 12.8 Å². The molecular weight excluding hydrogens is 314 g/mol. The van der Waals surface area contributed by atoms with Crippen LogP contribution in [0, 0.1) is 0 Å². The summed E-state index contributed by atoms with van der Waals surface area (Å²) in [6, 6.07) is 14.4. The summed E-state index contributed by atoms with van der Waals surface area (Å²) in [7, 11) is 2.11. The van der Waals surface area contributed by atoms with Gasteiger partial charge in [0.15, 0.2) is 0 Å². The van der Waals surface area contributed by atoms with Crippen LogP contribution < -0.4 is 4.90 Å². The minimum absolute atomic E-state index is 0.444. The van der Waals surface area contributed by atoms with E-state index in [0.717, 1.165) is 28.6 Å². The summed E-state index contributed by atoms with van der Waals surface area (Å²) in [6.07, 6.45) is 1.28. The summed E-state index contributed by atoms with van der Waals surface area (Å²) in [6.45, 7) is 1.07. The maximum atomic E-state index is 10.4. The van der Waals surface area contributed by atoms with Gasteiger partial charge in [-0.15, -0.1) is 0 Å². The summed E-state index contributed by atoms with van der Waals surface area (Å²) in [5.41, 5.74) is 4.80. The van der Waals surface area contributed by atoms with Gasteiger partial charge in [-0.1, -0.05) is 40.2 Å². The fourth-order valence-corrected chi connectivity index (χ4v) is 3.25. The summed E-state index contributed by atoms with van der Waals surface area (Å²) >= 11 is 3.47. The molecule has 2 aromatic rings. The van der Waals surface area contributed by atoms with Crippen LogP contribution in [0.25, 0.3) is 0 Å². The lowest BCUT2D eigenvalue weighted by Gasteiger charge is -2.15. The molecule has 1 aliphatic heterocycles. The Bertz CT molecular complexity index is 626. The zero-order valence-electron chi connectivity index (χ0n) is 11.5. The standard InChI is InChI=1S/C17H18BrNO/c1-19-8-7-13-11-14(5-6-16(13)19)17(20)10-12-3-2-4-15(18)9-12/h2-6,9,11,17,20H,7-8,10H2,1H3. The molecule has 3 rings (SSSR count). The number of benzene rings is 2. The molecular formula is C17H18BrNO. The van der Waals surface area contributed by atoms with Crippen LogP contribution in [0.5, 0.6) is 0 Å². The van der Waals surface area contributed by atoms with Gasteiger partial charge < -0.3 is 10.0 Å². The van der Waals surface area contributed by atoms with Gasteiger partial charge in [-0.25, -0.2) is 0 Å². The first-order chi connectivity index (χ1) is 9.63. The quantitative estimate of drug-likeness (QED) is 0.926. The van der Waals surface area contributed by atoms with Crippen molar-refractivity contribution in [2.24, 2.45) is 0 Å². The van der Waals surface area contributed by atoms with Gasteiger partial charge in [-0.05, 0) is 41.3 Å². The van der Waals surface area contributed by atoms with E-state index < -0.39 is 6.10 Å². The highest BCUT2D eigenvalue weighted by molar-refractivity contribution is 9.10. The molecule has 0 amide bonds. The van der Waals surface area contributed by atoms with Crippen molar-refractivity contribution in [2.75, 3.05) is 18.5 Å². The number of fused-ring (bicyclic) bond motifs is 1. The van der Waals surface area contributed by atoms with Crippen molar-refractivity contribution in [1.29, 1.82) is 0 Å². The summed E-state index contributed by atoms with van der Waals surface area (Å²) < 4.78 is 1.05. The van der Waals surface area contributed by atoms with E-state index in [4.69, 9.17) is 0 Å². The average molecular weight is 332 g/mol. The largest absolute Gasteiger partial charge is 0.388 e. The van der Waals surface area contributed by atoms with Gasteiger partial charge in [0.05, 0.1) is 6.10 Å². The Balaban J connectivity index is 1.79. The predicted octanol–water partition coefficient (Wildman–Crippen LogP) is 3.72. The normalized spacial score (nSPS) is 15.2. The van der Waals surface area contributed by atoms with Gasteiger partial charge in [-0.3, -0.25) is 0 Å².